The van der Waals surface area contributed by atoms with Crippen LogP contribution in [-0.2, 0) is 29.1 Å². The number of allylic oxidation sites excluding steroid dienone is 1. The number of aromatic nitrogens is 3. The van der Waals surface area contributed by atoms with E-state index in [1.165, 1.54) is 33.7 Å². The summed E-state index contributed by atoms with van der Waals surface area (Å²) in [6, 6.07) is 11.6. The first-order valence-corrected chi connectivity index (χ1v) is 23.3. The Morgan fingerprint density at radius 1 is 0.922 bits per heavy atom. The Hall–Kier alpha value is -5.92. The van der Waals surface area contributed by atoms with Gasteiger partial charge in [0.1, 0.15) is 35.6 Å². The van der Waals surface area contributed by atoms with Crippen molar-refractivity contribution in [2.24, 2.45) is 5.92 Å². The fourth-order valence-corrected chi connectivity index (χ4v) is 10.4. The molecule has 64 heavy (non-hydrogen) atoms. The SMILES string of the molecule is O=C(N[C@H]1CCCCC/C=C\[C@@H]2C[C@@]2(C(=O)NS(=O)(=O)C2CC2)NC(=O)[C@@H]2C[C@@H](Oc3cc(-c4ccc(OC(F)(F)F)cc4)nc4c5ccccc5nn34)CN2C1=O)OC1CCCC1. The van der Waals surface area contributed by atoms with E-state index in [2.05, 4.69) is 20.1 Å². The molecule has 3 N–H and O–H groups in total. The number of alkyl halides is 3. The van der Waals surface area contributed by atoms with Gasteiger partial charge < -0.3 is 29.7 Å². The number of halogens is 3. The number of ether oxygens (including phenoxy) is 3. The van der Waals surface area contributed by atoms with Gasteiger partial charge in [-0.2, -0.15) is 9.61 Å². The van der Waals surface area contributed by atoms with E-state index in [4.69, 9.17) is 19.6 Å². The van der Waals surface area contributed by atoms with Gasteiger partial charge in [0.05, 0.1) is 23.0 Å². The van der Waals surface area contributed by atoms with Crippen LogP contribution in [0.4, 0.5) is 18.0 Å². The van der Waals surface area contributed by atoms with Crippen LogP contribution < -0.4 is 24.8 Å². The maximum absolute atomic E-state index is 14.8. The van der Waals surface area contributed by atoms with Crippen LogP contribution in [0.15, 0.2) is 66.7 Å². The van der Waals surface area contributed by atoms with Gasteiger partial charge in [0.2, 0.25) is 27.7 Å². The predicted octanol–water partition coefficient (Wildman–Crippen LogP) is 5.84. The van der Waals surface area contributed by atoms with Crippen LogP contribution in [0, 0.1) is 5.92 Å². The van der Waals surface area contributed by atoms with Crippen molar-refractivity contribution in [2.75, 3.05) is 6.54 Å². The fraction of sp³-hybridized carbons (Fsp3) is 0.500. The molecule has 2 aliphatic heterocycles. The topological polar surface area (TPSA) is 200 Å². The molecule has 5 atom stereocenters. The molecular weight excluding hydrogens is 860 g/mol. The number of fused-ring (bicyclic) bond motifs is 5. The zero-order valence-electron chi connectivity index (χ0n) is 34.7. The first kappa shape index (κ1) is 43.3. The number of nitrogens with one attached hydrogen (secondary N) is 3. The molecule has 0 radical (unpaired) electrons. The average molecular weight is 908 g/mol. The molecule has 0 spiro atoms. The molecule has 4 amide bonds. The van der Waals surface area contributed by atoms with E-state index < -0.39 is 80.8 Å². The second-order valence-electron chi connectivity index (χ2n) is 17.3. The summed E-state index contributed by atoms with van der Waals surface area (Å²) in [5, 5.41) is 10.3. The standard InChI is InChI=1S/C44H48F3N7O9S/c45-44(46,47)63-29-18-16-26(17-19-29)35-23-37(54-38(48-35)32-13-8-9-14-33(32)51-54)61-30-22-36-39(55)50-43(41(57)52-64(59,60)31-20-21-31)24-27(43)10-4-2-1-3-5-15-34(40(56)53(36)25-30)49-42(58)62-28-11-6-7-12-28/h4,8-10,13-14,16-19,23,27-28,30-31,34,36H,1-3,5-7,11-12,15,20-22,24-25H2,(H,49,58)(H,50,55)(H,52,57)/b10-4-/t27-,30-,34+,36+,43-/m1/s1. The summed E-state index contributed by atoms with van der Waals surface area (Å²) < 4.78 is 84.9. The fourth-order valence-electron chi connectivity index (χ4n) is 9.02. The number of rotatable bonds is 9. The Morgan fingerprint density at radius 2 is 1.67 bits per heavy atom. The van der Waals surface area contributed by atoms with E-state index in [1.807, 2.05) is 12.2 Å². The van der Waals surface area contributed by atoms with E-state index in [-0.39, 0.29) is 37.8 Å². The predicted molar refractivity (Wildman–Crippen MR) is 224 cm³/mol. The van der Waals surface area contributed by atoms with Crippen molar-refractivity contribution in [3.63, 3.8) is 0 Å². The van der Waals surface area contributed by atoms with E-state index >= 15 is 0 Å². The van der Waals surface area contributed by atoms with Crippen molar-refractivity contribution in [1.82, 2.24) is 34.9 Å². The molecule has 16 nitrogen and oxygen atoms in total. The average Bonchev–Trinajstić information content (AvgIpc) is 4.06. The molecule has 3 saturated carbocycles. The van der Waals surface area contributed by atoms with Gasteiger partial charge >= 0.3 is 12.5 Å². The van der Waals surface area contributed by atoms with Crippen LogP contribution in [0.2, 0.25) is 0 Å². The van der Waals surface area contributed by atoms with Crippen molar-refractivity contribution in [2.45, 2.75) is 125 Å². The Balaban J connectivity index is 1.05. The second-order valence-corrected chi connectivity index (χ2v) is 19.3. The highest BCUT2D eigenvalue weighted by Crippen LogP contribution is 2.46. The molecule has 4 aromatic rings. The number of amides is 4. The van der Waals surface area contributed by atoms with Crippen LogP contribution in [-0.4, -0.2) is 99.7 Å². The molecule has 5 aliphatic rings. The maximum atomic E-state index is 14.8. The number of benzene rings is 2. The lowest BCUT2D eigenvalue weighted by atomic mass is 10.0. The van der Waals surface area contributed by atoms with E-state index in [0.717, 1.165) is 32.1 Å². The van der Waals surface area contributed by atoms with Gasteiger partial charge in [0.15, 0.2) is 5.65 Å². The minimum absolute atomic E-state index is 0.0845. The first-order valence-electron chi connectivity index (χ1n) is 21.8. The highest BCUT2D eigenvalue weighted by atomic mass is 32.2. The summed E-state index contributed by atoms with van der Waals surface area (Å²) in [6.45, 7) is -0.144. The lowest BCUT2D eigenvalue weighted by Crippen LogP contribution is -2.58. The van der Waals surface area contributed by atoms with Crippen LogP contribution in [0.5, 0.6) is 11.6 Å². The van der Waals surface area contributed by atoms with Gasteiger partial charge in [-0.1, -0.05) is 37.1 Å². The third kappa shape index (κ3) is 9.32. The second kappa shape index (κ2) is 17.2. The minimum atomic E-state index is -4.88. The maximum Gasteiger partial charge on any atom is 0.573 e. The summed E-state index contributed by atoms with van der Waals surface area (Å²) in [5.41, 5.74) is 0.0965. The number of sulfonamides is 1. The molecule has 9 rings (SSSR count). The van der Waals surface area contributed by atoms with Crippen molar-refractivity contribution < 1.29 is 55.0 Å². The van der Waals surface area contributed by atoms with Gasteiger partial charge in [0, 0.05) is 29.4 Å². The lowest BCUT2D eigenvalue weighted by molar-refractivity contribution is -0.274. The van der Waals surface area contributed by atoms with Crippen LogP contribution >= 0.6 is 0 Å². The third-order valence-corrected chi connectivity index (χ3v) is 14.4. The quantitative estimate of drug-likeness (QED) is 0.171. The normalized spacial score (nSPS) is 26.3. The Bertz CT molecular complexity index is 2600. The molecule has 340 valence electrons. The zero-order valence-corrected chi connectivity index (χ0v) is 35.5. The molecule has 0 unspecified atom stereocenters. The first-order chi connectivity index (χ1) is 30.7. The van der Waals surface area contributed by atoms with E-state index in [0.29, 0.717) is 59.9 Å². The Morgan fingerprint density at radius 3 is 2.42 bits per heavy atom. The smallest absolute Gasteiger partial charge is 0.472 e. The highest BCUT2D eigenvalue weighted by Gasteiger charge is 2.62. The molecule has 4 heterocycles. The third-order valence-electron chi connectivity index (χ3n) is 12.6. The molecule has 0 bridgehead atoms. The summed E-state index contributed by atoms with van der Waals surface area (Å²) in [7, 11) is -3.97. The summed E-state index contributed by atoms with van der Waals surface area (Å²) >= 11 is 0. The highest BCUT2D eigenvalue weighted by molar-refractivity contribution is 7.91. The van der Waals surface area contributed by atoms with E-state index in [9.17, 15) is 40.8 Å². The van der Waals surface area contributed by atoms with E-state index in [1.54, 1.807) is 30.3 Å². The molecule has 4 fully saturated rings. The molecule has 3 aliphatic carbocycles. The summed E-state index contributed by atoms with van der Waals surface area (Å²) in [5.74, 6) is -2.88. The van der Waals surface area contributed by atoms with Crippen molar-refractivity contribution in [3.8, 4) is 22.9 Å². The number of carbonyl (C=O) groups excluding carboxylic acids is 4. The van der Waals surface area contributed by atoms with Gasteiger partial charge in [-0.25, -0.2) is 18.2 Å². The van der Waals surface area contributed by atoms with Crippen LogP contribution in [0.1, 0.15) is 83.5 Å². The largest absolute Gasteiger partial charge is 0.573 e. The van der Waals surface area contributed by atoms with Gasteiger partial charge in [0.25, 0.3) is 5.91 Å². The summed E-state index contributed by atoms with van der Waals surface area (Å²) in [6.07, 6.45) is 4.14. The summed E-state index contributed by atoms with van der Waals surface area (Å²) in [4.78, 5) is 62.7. The zero-order chi connectivity index (χ0) is 44.8. The van der Waals surface area contributed by atoms with Gasteiger partial charge in [-0.05, 0) is 101 Å². The number of nitrogens with zero attached hydrogens (tertiary/aromatic N) is 4. The van der Waals surface area contributed by atoms with Gasteiger partial charge in [-0.3, -0.25) is 19.1 Å². The van der Waals surface area contributed by atoms with Gasteiger partial charge in [-0.15, -0.1) is 13.2 Å². The molecular formula is C44H48F3N7O9S. The molecule has 2 aromatic carbocycles. The Kier molecular flexibility index (Phi) is 11.7. The minimum Gasteiger partial charge on any atom is -0.472 e. The lowest BCUT2D eigenvalue weighted by Gasteiger charge is -2.30. The Labute approximate surface area is 366 Å². The number of hydrogen-bond donors (Lipinski definition) is 3. The van der Waals surface area contributed by atoms with Crippen molar-refractivity contribution in [1.29, 1.82) is 0 Å². The monoisotopic (exact) mass is 907 g/mol. The number of carbonyl (C=O) groups is 4. The van der Waals surface area contributed by atoms with Crippen LogP contribution in [0.25, 0.3) is 27.8 Å². The number of hydrogen-bond acceptors (Lipinski definition) is 11. The van der Waals surface area contributed by atoms with Crippen molar-refractivity contribution >= 4 is 50.4 Å². The van der Waals surface area contributed by atoms with Crippen LogP contribution in [0.3, 0.4) is 0 Å². The number of alkyl carbamates (subject to hydrolysis) is 1. The molecule has 20 heteroatoms. The molecule has 1 saturated heterocycles. The van der Waals surface area contributed by atoms with Crippen molar-refractivity contribution in [3.05, 3.63) is 66.7 Å². The molecule has 2 aromatic heterocycles.